The van der Waals surface area contributed by atoms with Gasteiger partial charge in [-0.3, -0.25) is 9.98 Å². The minimum Gasteiger partial charge on any atom is -0.467 e. The molecule has 0 radical (unpaired) electrons. The summed E-state index contributed by atoms with van der Waals surface area (Å²) in [5.74, 6) is -0.468. The zero-order valence-electron chi connectivity index (χ0n) is 20.8. The van der Waals surface area contributed by atoms with E-state index in [2.05, 4.69) is 9.98 Å². The lowest BCUT2D eigenvalue weighted by atomic mass is 9.78. The van der Waals surface area contributed by atoms with E-state index in [0.717, 1.165) is 36.1 Å². The van der Waals surface area contributed by atoms with Gasteiger partial charge in [0.2, 0.25) is 5.79 Å². The lowest BCUT2D eigenvalue weighted by Gasteiger charge is -2.46. The standard InChI is InChI=1S/C26H36N2O6/c1-25(2)31-15-19-10-6-8-17(22(19)33-25)12-27-14-21(24(29)30-5)28-13-18-9-7-11-20-16-32-26(3,4)34-23(18)20/h6,8,10,12-13,18,20-21,23H,7,9,11,14-16H2,1-5H3/b27-12+,28-13+. The third-order valence-electron chi connectivity index (χ3n) is 6.55. The molecule has 2 aliphatic heterocycles. The summed E-state index contributed by atoms with van der Waals surface area (Å²) in [5, 5.41) is 0. The van der Waals surface area contributed by atoms with Gasteiger partial charge in [0.1, 0.15) is 5.75 Å². The zero-order chi connectivity index (χ0) is 24.3. The fraction of sp³-hybridized carbons (Fsp3) is 0.654. The van der Waals surface area contributed by atoms with E-state index in [9.17, 15) is 4.79 Å². The van der Waals surface area contributed by atoms with Crippen LogP contribution in [0, 0.1) is 11.8 Å². The van der Waals surface area contributed by atoms with Crippen molar-refractivity contribution in [2.24, 2.45) is 21.8 Å². The number of carbonyl (C=O) groups excluding carboxylic acids is 1. The number of nitrogens with zero attached hydrogens (tertiary/aromatic N) is 2. The van der Waals surface area contributed by atoms with Crippen LogP contribution in [-0.2, 0) is 30.3 Å². The Morgan fingerprint density at radius 3 is 2.82 bits per heavy atom. The van der Waals surface area contributed by atoms with Crippen molar-refractivity contribution < 1.29 is 28.5 Å². The van der Waals surface area contributed by atoms with E-state index in [4.69, 9.17) is 23.7 Å². The van der Waals surface area contributed by atoms with E-state index in [-0.39, 0.29) is 18.6 Å². The average Bonchev–Trinajstić information content (AvgIpc) is 2.80. The minimum atomic E-state index is -0.713. The molecule has 1 aromatic rings. The van der Waals surface area contributed by atoms with Crippen LogP contribution in [0.1, 0.15) is 58.1 Å². The molecule has 0 bridgehead atoms. The number of rotatable bonds is 6. The number of para-hydroxylation sites is 1. The summed E-state index contributed by atoms with van der Waals surface area (Å²) in [6.07, 6.45) is 6.80. The monoisotopic (exact) mass is 472 g/mol. The lowest BCUT2D eigenvalue weighted by molar-refractivity contribution is -0.303. The second-order valence-electron chi connectivity index (χ2n) is 10.1. The van der Waals surface area contributed by atoms with Crippen LogP contribution in [0.5, 0.6) is 5.75 Å². The van der Waals surface area contributed by atoms with Crippen molar-refractivity contribution in [2.75, 3.05) is 20.3 Å². The molecule has 1 aliphatic carbocycles. The highest BCUT2D eigenvalue weighted by molar-refractivity contribution is 5.85. The largest absolute Gasteiger partial charge is 0.467 e. The summed E-state index contributed by atoms with van der Waals surface area (Å²) in [6.45, 7) is 9.00. The Morgan fingerprint density at radius 1 is 1.21 bits per heavy atom. The molecule has 0 aromatic heterocycles. The van der Waals surface area contributed by atoms with E-state index in [1.807, 2.05) is 52.1 Å². The van der Waals surface area contributed by atoms with Gasteiger partial charge in [-0.1, -0.05) is 18.6 Å². The molecule has 4 rings (SSSR count). The maximum atomic E-state index is 12.4. The number of hydrogen-bond donors (Lipinski definition) is 0. The van der Waals surface area contributed by atoms with E-state index in [1.165, 1.54) is 7.11 Å². The first kappa shape index (κ1) is 24.8. The quantitative estimate of drug-likeness (QED) is 0.461. The molecule has 4 atom stereocenters. The Kier molecular flexibility index (Phi) is 7.40. The number of esters is 1. The number of ether oxygens (including phenoxy) is 5. The van der Waals surface area contributed by atoms with Crippen LogP contribution in [0.15, 0.2) is 28.2 Å². The number of fused-ring (bicyclic) bond motifs is 2. The third kappa shape index (κ3) is 5.85. The smallest absolute Gasteiger partial charge is 0.332 e. The fourth-order valence-corrected chi connectivity index (χ4v) is 4.74. The van der Waals surface area contributed by atoms with Gasteiger partial charge in [-0.25, -0.2) is 4.79 Å². The summed E-state index contributed by atoms with van der Waals surface area (Å²) in [6, 6.07) is 5.14. The first-order valence-corrected chi connectivity index (χ1v) is 12.0. The molecular formula is C26H36N2O6. The van der Waals surface area contributed by atoms with E-state index >= 15 is 0 Å². The summed E-state index contributed by atoms with van der Waals surface area (Å²) in [5.41, 5.74) is 1.81. The molecule has 0 amide bonds. The molecule has 8 heteroatoms. The van der Waals surface area contributed by atoms with Gasteiger partial charge in [0.15, 0.2) is 11.8 Å². The molecule has 4 unspecified atom stereocenters. The van der Waals surface area contributed by atoms with Gasteiger partial charge in [-0.05, 0) is 32.8 Å². The first-order chi connectivity index (χ1) is 16.2. The van der Waals surface area contributed by atoms with Gasteiger partial charge in [-0.15, -0.1) is 0 Å². The van der Waals surface area contributed by atoms with Gasteiger partial charge in [0, 0.05) is 49.2 Å². The van der Waals surface area contributed by atoms with Crippen molar-refractivity contribution >= 4 is 18.4 Å². The lowest BCUT2D eigenvalue weighted by Crippen LogP contribution is -2.50. The fourth-order valence-electron chi connectivity index (χ4n) is 4.74. The Labute approximate surface area is 201 Å². The normalized spacial score (nSPS) is 28.7. The van der Waals surface area contributed by atoms with Crippen molar-refractivity contribution in [3.8, 4) is 5.75 Å². The highest BCUT2D eigenvalue weighted by Gasteiger charge is 2.42. The van der Waals surface area contributed by atoms with Crippen LogP contribution < -0.4 is 4.74 Å². The summed E-state index contributed by atoms with van der Waals surface area (Å²) < 4.78 is 28.8. The molecule has 2 fully saturated rings. The summed E-state index contributed by atoms with van der Waals surface area (Å²) in [4.78, 5) is 21.6. The maximum Gasteiger partial charge on any atom is 0.332 e. The topological polar surface area (TPSA) is 87.9 Å². The first-order valence-electron chi connectivity index (χ1n) is 12.0. The van der Waals surface area contributed by atoms with Gasteiger partial charge < -0.3 is 23.7 Å². The Bertz CT molecular complexity index is 941. The van der Waals surface area contributed by atoms with Crippen molar-refractivity contribution in [2.45, 2.75) is 77.3 Å². The van der Waals surface area contributed by atoms with Crippen molar-refractivity contribution in [1.82, 2.24) is 0 Å². The molecule has 3 aliphatic rings. The average molecular weight is 473 g/mol. The number of benzene rings is 1. The van der Waals surface area contributed by atoms with Gasteiger partial charge >= 0.3 is 5.97 Å². The highest BCUT2D eigenvalue weighted by atomic mass is 16.7. The zero-order valence-corrected chi connectivity index (χ0v) is 20.8. The number of methoxy groups -OCH3 is 1. The van der Waals surface area contributed by atoms with Crippen molar-refractivity contribution in [1.29, 1.82) is 0 Å². The third-order valence-corrected chi connectivity index (χ3v) is 6.55. The molecule has 0 spiro atoms. The predicted molar refractivity (Wildman–Crippen MR) is 128 cm³/mol. The molecule has 1 saturated heterocycles. The second-order valence-corrected chi connectivity index (χ2v) is 10.1. The number of hydrogen-bond acceptors (Lipinski definition) is 8. The van der Waals surface area contributed by atoms with Crippen LogP contribution in [0.3, 0.4) is 0 Å². The van der Waals surface area contributed by atoms with Crippen LogP contribution in [-0.4, -0.2) is 62.4 Å². The van der Waals surface area contributed by atoms with Crippen LogP contribution >= 0.6 is 0 Å². The Morgan fingerprint density at radius 2 is 2.03 bits per heavy atom. The molecule has 1 saturated carbocycles. The predicted octanol–water partition coefficient (Wildman–Crippen LogP) is 3.93. The molecular weight excluding hydrogens is 436 g/mol. The molecule has 186 valence electrons. The number of carbonyl (C=O) groups is 1. The summed E-state index contributed by atoms with van der Waals surface area (Å²) >= 11 is 0. The summed E-state index contributed by atoms with van der Waals surface area (Å²) in [7, 11) is 1.37. The van der Waals surface area contributed by atoms with Gasteiger partial charge in [-0.2, -0.15) is 0 Å². The van der Waals surface area contributed by atoms with Crippen LogP contribution in [0.25, 0.3) is 0 Å². The van der Waals surface area contributed by atoms with E-state index in [1.54, 1.807) is 6.21 Å². The van der Waals surface area contributed by atoms with Crippen LogP contribution in [0.2, 0.25) is 0 Å². The maximum absolute atomic E-state index is 12.4. The number of aliphatic imine (C=N–C) groups is 2. The molecule has 2 heterocycles. The molecule has 0 N–H and O–H groups in total. The SMILES string of the molecule is COC(=O)C(C/N=C/c1cccc2c1OC(C)(C)OC2)/N=C/C1CCCC2COC(C)(C)OC12. The van der Waals surface area contributed by atoms with Crippen LogP contribution in [0.4, 0.5) is 0 Å². The van der Waals surface area contributed by atoms with Crippen molar-refractivity contribution in [3.05, 3.63) is 29.3 Å². The van der Waals surface area contributed by atoms with Gasteiger partial charge in [0.05, 0.1) is 33.0 Å². The molecule has 1 aromatic carbocycles. The highest BCUT2D eigenvalue weighted by Crippen LogP contribution is 2.38. The molecule has 34 heavy (non-hydrogen) atoms. The van der Waals surface area contributed by atoms with E-state index < -0.39 is 23.6 Å². The van der Waals surface area contributed by atoms with Gasteiger partial charge in [0.25, 0.3) is 0 Å². The molecule has 8 nitrogen and oxygen atoms in total. The Hall–Kier alpha value is -2.29. The minimum absolute atomic E-state index is 0.0432. The second kappa shape index (κ2) is 10.1. The van der Waals surface area contributed by atoms with Crippen molar-refractivity contribution in [3.63, 3.8) is 0 Å². The van der Waals surface area contributed by atoms with E-state index in [0.29, 0.717) is 19.1 Å². The Balaban J connectivity index is 1.46.